The Bertz CT molecular complexity index is 123. The van der Waals surface area contributed by atoms with E-state index in [1.54, 1.807) is 23.9 Å². The molecule has 0 saturated carbocycles. The monoisotopic (exact) mass is 241 g/mol. The molecule has 0 bridgehead atoms. The predicted octanol–water partition coefficient (Wildman–Crippen LogP) is 2.33. The van der Waals surface area contributed by atoms with Crippen LogP contribution in [0.5, 0.6) is 0 Å². The van der Waals surface area contributed by atoms with E-state index >= 15 is 0 Å². The van der Waals surface area contributed by atoms with Gasteiger partial charge in [0.1, 0.15) is 5.78 Å². The molecule has 0 fully saturated rings. The van der Waals surface area contributed by atoms with Gasteiger partial charge < -0.3 is 0 Å². The van der Waals surface area contributed by atoms with E-state index in [1.165, 1.54) is 6.92 Å². The summed E-state index contributed by atoms with van der Waals surface area (Å²) in [6, 6.07) is 0. The van der Waals surface area contributed by atoms with Crippen LogP contribution in [0.15, 0.2) is 10.8 Å². The Morgan fingerprint density at radius 2 is 2.00 bits per heavy atom. The van der Waals surface area contributed by atoms with Crippen molar-refractivity contribution in [3.05, 3.63) is 10.8 Å². The van der Waals surface area contributed by atoms with E-state index in [9.17, 15) is 4.79 Å². The fraction of sp³-hybridized carbons (Fsp3) is 0.400. The second-order valence-electron chi connectivity index (χ2n) is 1.43. The predicted molar refractivity (Wildman–Crippen MR) is 51.9 cm³/mol. The van der Waals surface area contributed by atoms with E-state index in [0.29, 0.717) is 5.33 Å². The van der Waals surface area contributed by atoms with Crippen molar-refractivity contribution in [3.8, 4) is 0 Å². The zero-order valence-corrected chi connectivity index (χ0v) is 8.68. The van der Waals surface area contributed by atoms with Crippen molar-refractivity contribution in [2.45, 2.75) is 6.92 Å². The molecule has 0 aromatic heterocycles. The maximum absolute atomic E-state index is 9.77. The van der Waals surface area contributed by atoms with Crippen LogP contribution in [-0.2, 0) is 4.79 Å². The van der Waals surface area contributed by atoms with E-state index < -0.39 is 0 Å². The standard InChI is InChI=1S/C3H5BrO.C2H3NS2/c1-3(5)2-4;1-2-5-3-4-1/h2H2,1H3;1-3H. The fourth-order valence-electron chi connectivity index (χ4n) is 0.139. The fourth-order valence-corrected chi connectivity index (χ4v) is 1.25. The van der Waals surface area contributed by atoms with Gasteiger partial charge in [0.2, 0.25) is 0 Å². The van der Waals surface area contributed by atoms with E-state index in [-0.39, 0.29) is 5.78 Å². The van der Waals surface area contributed by atoms with Crippen molar-refractivity contribution >= 4 is 45.6 Å². The summed E-state index contributed by atoms with van der Waals surface area (Å²) in [5, 5.41) is 4.49. The molecule has 1 aliphatic rings. The van der Waals surface area contributed by atoms with Gasteiger partial charge in [-0.05, 0) is 41.6 Å². The second kappa shape index (κ2) is 7.65. The van der Waals surface area contributed by atoms with Crippen LogP contribution >= 0.6 is 39.8 Å². The van der Waals surface area contributed by atoms with E-state index in [2.05, 4.69) is 20.1 Å². The Hall–Kier alpha value is 0.550. The minimum Gasteiger partial charge on any atom is -0.299 e. The first-order chi connectivity index (χ1) is 4.77. The lowest BCUT2D eigenvalue weighted by Crippen LogP contribution is -1.85. The third-order valence-corrected chi connectivity index (χ3v) is 2.75. The van der Waals surface area contributed by atoms with Gasteiger partial charge in [-0.15, -0.1) is 0 Å². The van der Waals surface area contributed by atoms with Crippen LogP contribution in [0.1, 0.15) is 6.92 Å². The van der Waals surface area contributed by atoms with Crippen LogP contribution in [0.25, 0.3) is 0 Å². The molecule has 1 rings (SSSR count). The summed E-state index contributed by atoms with van der Waals surface area (Å²) in [6.07, 6.45) is 0. The quantitative estimate of drug-likeness (QED) is 0.564. The number of hydrogen-bond donors (Lipinski definition) is 1. The van der Waals surface area contributed by atoms with Crippen LogP contribution in [0, 0.1) is 0 Å². The number of halogens is 1. The highest BCUT2D eigenvalue weighted by Crippen LogP contribution is 2.14. The molecule has 0 radical (unpaired) electrons. The lowest BCUT2D eigenvalue weighted by molar-refractivity contribution is -0.114. The Morgan fingerprint density at radius 3 is 2.10 bits per heavy atom. The number of carbonyl (C=O) groups excluding carboxylic acids is 1. The molecule has 0 aromatic carbocycles. The van der Waals surface area contributed by atoms with Crippen LogP contribution < -0.4 is 4.13 Å². The maximum Gasteiger partial charge on any atom is 0.140 e. The van der Waals surface area contributed by atoms with Gasteiger partial charge >= 0.3 is 0 Å². The minimum absolute atomic E-state index is 0.171. The van der Waals surface area contributed by atoms with Gasteiger partial charge in [0.05, 0.1) is 5.33 Å². The van der Waals surface area contributed by atoms with Crippen LogP contribution in [0.2, 0.25) is 0 Å². The highest BCUT2D eigenvalue weighted by Gasteiger charge is 1.83. The minimum atomic E-state index is 0.171. The third kappa shape index (κ3) is 8.55. The summed E-state index contributed by atoms with van der Waals surface area (Å²) in [6.45, 7) is 1.54. The van der Waals surface area contributed by atoms with Crippen LogP contribution in [0.3, 0.4) is 0 Å². The second-order valence-corrected chi connectivity index (χ2v) is 3.67. The maximum atomic E-state index is 9.77. The van der Waals surface area contributed by atoms with Gasteiger partial charge in [-0.25, -0.2) is 4.13 Å². The van der Waals surface area contributed by atoms with E-state index in [4.69, 9.17) is 0 Å². The molecule has 5 heteroatoms. The molecule has 0 aliphatic carbocycles. The van der Waals surface area contributed by atoms with E-state index in [0.717, 1.165) is 0 Å². The molecule has 0 saturated heterocycles. The Morgan fingerprint density at radius 1 is 1.60 bits per heavy atom. The number of nitrogens with one attached hydrogen (secondary N) is 1. The number of rotatable bonds is 1. The van der Waals surface area contributed by atoms with Crippen molar-refractivity contribution < 1.29 is 4.79 Å². The summed E-state index contributed by atoms with van der Waals surface area (Å²) >= 11 is 6.18. The van der Waals surface area contributed by atoms with Crippen molar-refractivity contribution in [3.63, 3.8) is 0 Å². The zero-order chi connectivity index (χ0) is 7.82. The van der Waals surface area contributed by atoms with Crippen LogP contribution in [-0.4, -0.2) is 11.1 Å². The highest BCUT2D eigenvalue weighted by atomic mass is 79.9. The number of hydrogen-bond acceptors (Lipinski definition) is 4. The third-order valence-electron chi connectivity index (χ3n) is 0.476. The first-order valence-electron chi connectivity index (χ1n) is 2.54. The SMILES string of the molecule is C1=CSNS1.CC(=O)CBr. The Balaban J connectivity index is 0.000000162. The van der Waals surface area contributed by atoms with Gasteiger partial charge in [0.25, 0.3) is 0 Å². The molecule has 1 heterocycles. The van der Waals surface area contributed by atoms with Gasteiger partial charge in [0.15, 0.2) is 0 Å². The summed E-state index contributed by atoms with van der Waals surface area (Å²) in [4.78, 5) is 9.77. The molecular weight excluding hydrogens is 234 g/mol. The molecule has 1 aliphatic heterocycles. The lowest BCUT2D eigenvalue weighted by atomic mass is 10.5. The van der Waals surface area contributed by atoms with Gasteiger partial charge in [0, 0.05) is 0 Å². The van der Waals surface area contributed by atoms with Gasteiger partial charge in [-0.3, -0.25) is 4.79 Å². The molecule has 0 unspecified atom stereocenters. The van der Waals surface area contributed by atoms with Gasteiger partial charge in [-0.2, -0.15) is 0 Å². The summed E-state index contributed by atoms with van der Waals surface area (Å²) in [5.74, 6) is 0.171. The molecule has 2 nitrogen and oxygen atoms in total. The van der Waals surface area contributed by atoms with Crippen molar-refractivity contribution in [2.75, 3.05) is 5.33 Å². The summed E-state index contributed by atoms with van der Waals surface area (Å²) in [5.41, 5.74) is 0. The average molecular weight is 242 g/mol. The first-order valence-corrected chi connectivity index (χ1v) is 5.42. The summed E-state index contributed by atoms with van der Waals surface area (Å²) in [7, 11) is 0. The molecule has 10 heavy (non-hydrogen) atoms. The molecular formula is C5H8BrNOS2. The number of alkyl halides is 1. The number of Topliss-reactive ketones (excluding diaryl/α,β-unsaturated/α-hetero) is 1. The number of ketones is 1. The molecule has 0 spiro atoms. The average Bonchev–Trinajstić information content (AvgIpc) is 2.43. The van der Waals surface area contributed by atoms with E-state index in [1.807, 2.05) is 10.8 Å². The van der Waals surface area contributed by atoms with Crippen LogP contribution in [0.4, 0.5) is 0 Å². The topological polar surface area (TPSA) is 29.1 Å². The van der Waals surface area contributed by atoms with Gasteiger partial charge in [-0.1, -0.05) is 15.9 Å². The Kier molecular flexibility index (Phi) is 8.08. The summed E-state index contributed by atoms with van der Waals surface area (Å²) < 4.78 is 2.94. The van der Waals surface area contributed by atoms with Crippen molar-refractivity contribution in [2.24, 2.45) is 0 Å². The van der Waals surface area contributed by atoms with Crippen molar-refractivity contribution in [1.82, 2.24) is 4.13 Å². The zero-order valence-electron chi connectivity index (χ0n) is 5.46. The molecule has 58 valence electrons. The normalized spacial score (nSPS) is 14.2. The largest absolute Gasteiger partial charge is 0.299 e. The molecule has 1 N–H and O–H groups in total. The first kappa shape index (κ1) is 10.6. The lowest BCUT2D eigenvalue weighted by Gasteiger charge is -1.74. The Labute approximate surface area is 77.6 Å². The molecule has 0 atom stereocenters. The highest BCUT2D eigenvalue weighted by molar-refractivity contribution is 9.09. The molecule has 0 amide bonds. The molecule has 0 aromatic rings. The van der Waals surface area contributed by atoms with Crippen molar-refractivity contribution in [1.29, 1.82) is 0 Å². The smallest absolute Gasteiger partial charge is 0.140 e. The number of carbonyl (C=O) groups is 1.